The number of methoxy groups -OCH3 is 1. The van der Waals surface area contributed by atoms with E-state index in [2.05, 4.69) is 15.9 Å². The highest BCUT2D eigenvalue weighted by molar-refractivity contribution is 9.10. The summed E-state index contributed by atoms with van der Waals surface area (Å²) in [6, 6.07) is 2.02. The quantitative estimate of drug-likeness (QED) is 0.722. The van der Waals surface area contributed by atoms with Crippen LogP contribution in [0.15, 0.2) is 21.5 Å². The summed E-state index contributed by atoms with van der Waals surface area (Å²) < 4.78 is 44.1. The minimum Gasteiger partial charge on any atom is -0.398 e. The van der Waals surface area contributed by atoms with Gasteiger partial charge in [0.25, 0.3) is 0 Å². The summed E-state index contributed by atoms with van der Waals surface area (Å²) in [7, 11) is -1.46. The van der Waals surface area contributed by atoms with E-state index in [9.17, 15) is 17.9 Å². The number of likely N-dealkylation sites (N-methyl/N-ethyl adjacent to an activating group) is 1. The number of sulfonamides is 1. The summed E-state index contributed by atoms with van der Waals surface area (Å²) in [4.78, 5) is -0.537. The fourth-order valence-electron chi connectivity index (χ4n) is 1.55. The average Bonchev–Trinajstić information content (AvgIpc) is 2.33. The molecule has 0 aliphatic carbocycles. The Morgan fingerprint density at radius 1 is 1.55 bits per heavy atom. The molecule has 0 aliphatic rings. The predicted molar refractivity (Wildman–Crippen MR) is 76.2 cm³/mol. The zero-order valence-corrected chi connectivity index (χ0v) is 13.4. The summed E-state index contributed by atoms with van der Waals surface area (Å²) in [6.45, 7) is -0.240. The molecule has 0 fully saturated rings. The molecule has 0 bridgehead atoms. The van der Waals surface area contributed by atoms with Crippen LogP contribution in [0, 0.1) is 5.82 Å². The number of hydrogen-bond donors (Lipinski definition) is 2. The van der Waals surface area contributed by atoms with Crippen LogP contribution in [0.4, 0.5) is 10.1 Å². The lowest BCUT2D eigenvalue weighted by atomic mass is 10.3. The van der Waals surface area contributed by atoms with Crippen molar-refractivity contribution in [3.8, 4) is 0 Å². The number of nitrogen functional groups attached to an aromatic ring is 1. The maximum Gasteiger partial charge on any atom is 0.245 e. The second-order valence-corrected chi connectivity index (χ2v) is 7.07. The molecule has 6 nitrogen and oxygen atoms in total. The highest BCUT2D eigenvalue weighted by Gasteiger charge is 2.27. The van der Waals surface area contributed by atoms with Crippen molar-refractivity contribution < 1.29 is 22.7 Å². The lowest BCUT2D eigenvalue weighted by molar-refractivity contribution is 0.0554. The first-order valence-electron chi connectivity index (χ1n) is 5.58. The first-order chi connectivity index (χ1) is 9.20. The molecule has 1 rings (SSSR count). The van der Waals surface area contributed by atoms with Crippen molar-refractivity contribution in [3.05, 3.63) is 22.4 Å². The molecule has 0 spiro atoms. The summed E-state index contributed by atoms with van der Waals surface area (Å²) in [5, 5.41) is 9.54. The molecule has 1 aromatic carbocycles. The maximum absolute atomic E-state index is 13.8. The Hall–Kier alpha value is -0.740. The molecular weight excluding hydrogens is 355 g/mol. The summed E-state index contributed by atoms with van der Waals surface area (Å²) in [6.07, 6.45) is -1.00. The minimum atomic E-state index is -4.08. The summed E-state index contributed by atoms with van der Waals surface area (Å²) in [5.41, 5.74) is 5.68. The third-order valence-electron chi connectivity index (χ3n) is 2.57. The SMILES string of the molecule is COCC(O)CN(C)S(=O)(=O)c1cc(N)c(Br)cc1F. The van der Waals surface area contributed by atoms with Gasteiger partial charge in [-0.25, -0.2) is 12.8 Å². The Balaban J connectivity index is 3.07. The molecule has 20 heavy (non-hydrogen) atoms. The van der Waals surface area contributed by atoms with Gasteiger partial charge in [-0.2, -0.15) is 4.31 Å². The fourth-order valence-corrected chi connectivity index (χ4v) is 3.15. The molecule has 0 saturated carbocycles. The molecule has 0 radical (unpaired) electrons. The van der Waals surface area contributed by atoms with E-state index in [1.54, 1.807) is 0 Å². The highest BCUT2D eigenvalue weighted by Crippen LogP contribution is 2.27. The molecule has 1 atom stereocenters. The van der Waals surface area contributed by atoms with Crippen molar-refractivity contribution in [2.45, 2.75) is 11.0 Å². The van der Waals surface area contributed by atoms with Gasteiger partial charge in [0.05, 0.1) is 12.7 Å². The Bertz CT molecular complexity index is 582. The number of ether oxygens (including phenoxy) is 1. The fraction of sp³-hybridized carbons (Fsp3) is 0.455. The van der Waals surface area contributed by atoms with Gasteiger partial charge in [0.15, 0.2) is 0 Å². The lowest BCUT2D eigenvalue weighted by Crippen LogP contribution is -2.36. The van der Waals surface area contributed by atoms with Crippen LogP contribution in [0.1, 0.15) is 0 Å². The number of hydrogen-bond acceptors (Lipinski definition) is 5. The van der Waals surface area contributed by atoms with E-state index in [0.717, 1.165) is 16.4 Å². The third-order valence-corrected chi connectivity index (χ3v) is 5.09. The van der Waals surface area contributed by atoms with E-state index in [-0.39, 0.29) is 23.3 Å². The van der Waals surface area contributed by atoms with Crippen LogP contribution < -0.4 is 5.73 Å². The molecule has 0 amide bonds. The molecule has 0 aliphatic heterocycles. The predicted octanol–water partition coefficient (Wildman–Crippen LogP) is 0.798. The summed E-state index contributed by atoms with van der Waals surface area (Å²) >= 11 is 3.01. The number of benzene rings is 1. The molecule has 9 heteroatoms. The molecule has 1 unspecified atom stereocenters. The Morgan fingerprint density at radius 3 is 2.70 bits per heavy atom. The molecule has 3 N–H and O–H groups in total. The van der Waals surface area contributed by atoms with Crippen LogP contribution in [0.5, 0.6) is 0 Å². The van der Waals surface area contributed by atoms with Gasteiger partial charge in [0, 0.05) is 30.9 Å². The molecule has 1 aromatic rings. The number of nitrogens with two attached hydrogens (primary N) is 1. The van der Waals surface area contributed by atoms with Gasteiger partial charge in [-0.15, -0.1) is 0 Å². The zero-order chi connectivity index (χ0) is 15.5. The molecule has 0 saturated heterocycles. The van der Waals surface area contributed by atoms with Gasteiger partial charge >= 0.3 is 0 Å². The van der Waals surface area contributed by atoms with Crippen molar-refractivity contribution in [2.24, 2.45) is 0 Å². The first-order valence-corrected chi connectivity index (χ1v) is 7.81. The molecular formula is C11H16BrFN2O4S. The van der Waals surface area contributed by atoms with E-state index in [4.69, 9.17) is 10.5 Å². The number of aliphatic hydroxyl groups is 1. The van der Waals surface area contributed by atoms with Crippen molar-refractivity contribution in [1.82, 2.24) is 4.31 Å². The minimum absolute atomic E-state index is 0.0230. The Labute approximate surface area is 125 Å². The van der Waals surface area contributed by atoms with Gasteiger partial charge in [0.1, 0.15) is 10.7 Å². The van der Waals surface area contributed by atoms with Gasteiger partial charge in [0.2, 0.25) is 10.0 Å². The number of rotatable bonds is 6. The van der Waals surface area contributed by atoms with E-state index < -0.39 is 26.8 Å². The van der Waals surface area contributed by atoms with Crippen molar-refractivity contribution in [2.75, 3.05) is 33.0 Å². The zero-order valence-electron chi connectivity index (χ0n) is 11.0. The smallest absolute Gasteiger partial charge is 0.245 e. The first kappa shape index (κ1) is 17.3. The van der Waals surface area contributed by atoms with Crippen LogP contribution in [-0.4, -0.2) is 51.2 Å². The van der Waals surface area contributed by atoms with Crippen LogP contribution >= 0.6 is 15.9 Å². The van der Waals surface area contributed by atoms with Crippen molar-refractivity contribution in [3.63, 3.8) is 0 Å². The van der Waals surface area contributed by atoms with Gasteiger partial charge in [-0.05, 0) is 28.1 Å². The second kappa shape index (κ2) is 6.81. The second-order valence-electron chi connectivity index (χ2n) is 4.20. The van der Waals surface area contributed by atoms with Crippen LogP contribution in [0.2, 0.25) is 0 Å². The lowest BCUT2D eigenvalue weighted by Gasteiger charge is -2.20. The topological polar surface area (TPSA) is 92.9 Å². The highest BCUT2D eigenvalue weighted by atomic mass is 79.9. The van der Waals surface area contributed by atoms with E-state index in [0.29, 0.717) is 0 Å². The molecule has 0 aromatic heterocycles. The third kappa shape index (κ3) is 3.89. The number of anilines is 1. The number of aliphatic hydroxyl groups excluding tert-OH is 1. The van der Waals surface area contributed by atoms with Crippen LogP contribution in [-0.2, 0) is 14.8 Å². The monoisotopic (exact) mass is 370 g/mol. The van der Waals surface area contributed by atoms with Gasteiger partial charge in [-0.1, -0.05) is 0 Å². The van der Waals surface area contributed by atoms with Crippen molar-refractivity contribution in [1.29, 1.82) is 0 Å². The average molecular weight is 371 g/mol. The van der Waals surface area contributed by atoms with Gasteiger partial charge in [-0.3, -0.25) is 0 Å². The Kier molecular flexibility index (Phi) is 5.90. The summed E-state index contributed by atoms with van der Waals surface area (Å²) in [5.74, 6) is -0.917. The van der Waals surface area contributed by atoms with Crippen LogP contribution in [0.3, 0.4) is 0 Å². The molecule has 0 heterocycles. The van der Waals surface area contributed by atoms with E-state index >= 15 is 0 Å². The largest absolute Gasteiger partial charge is 0.398 e. The normalized spacial score (nSPS) is 13.7. The number of halogens is 2. The van der Waals surface area contributed by atoms with Gasteiger partial charge < -0.3 is 15.6 Å². The van der Waals surface area contributed by atoms with E-state index in [1.807, 2.05) is 0 Å². The van der Waals surface area contributed by atoms with Crippen LogP contribution in [0.25, 0.3) is 0 Å². The maximum atomic E-state index is 13.8. The number of nitrogens with zero attached hydrogens (tertiary/aromatic N) is 1. The molecule has 114 valence electrons. The Morgan fingerprint density at radius 2 is 2.15 bits per heavy atom. The standard InChI is InChI=1S/C11H16BrFN2O4S/c1-15(5-7(16)6-19-2)20(17,18)11-4-10(14)8(12)3-9(11)13/h3-4,7,16H,5-6,14H2,1-2H3. The van der Waals surface area contributed by atoms with E-state index in [1.165, 1.54) is 14.2 Å². The van der Waals surface area contributed by atoms with Crippen molar-refractivity contribution >= 4 is 31.6 Å².